The lowest BCUT2D eigenvalue weighted by molar-refractivity contribution is 0.472. The molecule has 0 N–H and O–H groups in total. The first-order valence-corrected chi connectivity index (χ1v) is 7.97. The van der Waals surface area contributed by atoms with E-state index in [1.807, 2.05) is 4.68 Å². The molecule has 110 valence electrons. The van der Waals surface area contributed by atoms with E-state index in [-0.39, 0.29) is 0 Å². The van der Waals surface area contributed by atoms with E-state index in [0.29, 0.717) is 5.92 Å². The molecule has 0 saturated heterocycles. The Morgan fingerprint density at radius 3 is 2.32 bits per heavy atom. The molecule has 0 aliphatic heterocycles. The molecule has 0 radical (unpaired) electrons. The van der Waals surface area contributed by atoms with Crippen molar-refractivity contribution in [1.82, 2.24) is 15.0 Å². The Hall–Kier alpha value is -0.860. The average Bonchev–Trinajstić information content (AvgIpc) is 2.74. The van der Waals surface area contributed by atoms with Gasteiger partial charge in [0.1, 0.15) is 0 Å². The summed E-state index contributed by atoms with van der Waals surface area (Å²) >= 11 is 0. The van der Waals surface area contributed by atoms with Crippen molar-refractivity contribution in [2.24, 2.45) is 11.8 Å². The molecule has 0 amide bonds. The van der Waals surface area contributed by atoms with E-state index in [9.17, 15) is 0 Å². The molecule has 0 unspecified atom stereocenters. The van der Waals surface area contributed by atoms with Gasteiger partial charge in [-0.15, -0.1) is 5.10 Å². The summed E-state index contributed by atoms with van der Waals surface area (Å²) in [5, 5.41) is 8.41. The summed E-state index contributed by atoms with van der Waals surface area (Å²) in [5.74, 6) is 1.49. The maximum atomic E-state index is 4.24. The topological polar surface area (TPSA) is 30.7 Å². The van der Waals surface area contributed by atoms with Crippen LogP contribution < -0.4 is 0 Å². The van der Waals surface area contributed by atoms with Crippen LogP contribution in [0.15, 0.2) is 6.20 Å². The van der Waals surface area contributed by atoms with Gasteiger partial charge >= 0.3 is 0 Å². The van der Waals surface area contributed by atoms with Crippen LogP contribution in [0.3, 0.4) is 0 Å². The van der Waals surface area contributed by atoms with Crippen molar-refractivity contribution in [3.8, 4) is 0 Å². The highest BCUT2D eigenvalue weighted by Gasteiger charge is 2.02. The number of rotatable bonds is 10. The van der Waals surface area contributed by atoms with Gasteiger partial charge in [-0.3, -0.25) is 4.68 Å². The molecule has 0 spiro atoms. The molecule has 0 atom stereocenters. The van der Waals surface area contributed by atoms with Crippen molar-refractivity contribution >= 4 is 0 Å². The Morgan fingerprint density at radius 1 is 0.947 bits per heavy atom. The quantitative estimate of drug-likeness (QED) is 0.584. The predicted octanol–water partition coefficient (Wildman–Crippen LogP) is 4.47. The Bertz CT molecular complexity index is 328. The lowest BCUT2D eigenvalue weighted by atomic mass is 10.0. The largest absolute Gasteiger partial charge is 0.252 e. The summed E-state index contributed by atoms with van der Waals surface area (Å²) < 4.78 is 1.97. The summed E-state index contributed by atoms with van der Waals surface area (Å²) in [5.41, 5.74) is 1.16. The molecule has 1 heterocycles. The molecular weight excluding hydrogens is 234 g/mol. The Labute approximate surface area is 118 Å². The van der Waals surface area contributed by atoms with E-state index >= 15 is 0 Å². The summed E-state index contributed by atoms with van der Waals surface area (Å²) in [6.45, 7) is 10.0. The summed E-state index contributed by atoms with van der Waals surface area (Å²) in [6, 6.07) is 0. The van der Waals surface area contributed by atoms with Crippen LogP contribution in [0.25, 0.3) is 0 Å². The van der Waals surface area contributed by atoms with Gasteiger partial charge in [-0.2, -0.15) is 0 Å². The maximum absolute atomic E-state index is 4.24. The lowest BCUT2D eigenvalue weighted by Gasteiger charge is -2.03. The van der Waals surface area contributed by atoms with Gasteiger partial charge in [0.25, 0.3) is 0 Å². The molecule has 3 nitrogen and oxygen atoms in total. The van der Waals surface area contributed by atoms with Gasteiger partial charge in [0.05, 0.1) is 5.69 Å². The smallest absolute Gasteiger partial charge is 0.0827 e. The van der Waals surface area contributed by atoms with Gasteiger partial charge < -0.3 is 0 Å². The van der Waals surface area contributed by atoms with Crippen molar-refractivity contribution in [3.63, 3.8) is 0 Å². The van der Waals surface area contributed by atoms with Gasteiger partial charge in [-0.05, 0) is 24.7 Å². The van der Waals surface area contributed by atoms with Gasteiger partial charge in [0.2, 0.25) is 0 Å². The monoisotopic (exact) mass is 265 g/mol. The van der Waals surface area contributed by atoms with Crippen molar-refractivity contribution < 1.29 is 0 Å². The zero-order valence-corrected chi connectivity index (χ0v) is 13.2. The highest BCUT2D eigenvalue weighted by atomic mass is 15.4. The molecular formula is C16H31N3. The normalized spacial score (nSPS) is 11.7. The van der Waals surface area contributed by atoms with Crippen LogP contribution in [0.4, 0.5) is 0 Å². The third-order valence-corrected chi connectivity index (χ3v) is 3.35. The number of unbranched alkanes of at least 4 members (excludes halogenated alkanes) is 4. The fourth-order valence-corrected chi connectivity index (χ4v) is 2.31. The van der Waals surface area contributed by atoms with Gasteiger partial charge in [0.15, 0.2) is 0 Å². The minimum absolute atomic E-state index is 0.635. The van der Waals surface area contributed by atoms with Crippen LogP contribution in [-0.4, -0.2) is 15.0 Å². The minimum atomic E-state index is 0.635. The number of hydrogen-bond donors (Lipinski definition) is 0. The number of nitrogens with zero attached hydrogens (tertiary/aromatic N) is 3. The van der Waals surface area contributed by atoms with Gasteiger partial charge in [-0.25, -0.2) is 0 Å². The Morgan fingerprint density at radius 2 is 1.63 bits per heavy atom. The molecule has 0 aromatic carbocycles. The fourth-order valence-electron chi connectivity index (χ4n) is 2.31. The second-order valence-corrected chi connectivity index (χ2v) is 6.53. The number of hydrogen-bond acceptors (Lipinski definition) is 2. The number of aryl methyl sites for hydroxylation is 1. The van der Waals surface area contributed by atoms with Crippen LogP contribution in [0.2, 0.25) is 0 Å². The predicted molar refractivity (Wildman–Crippen MR) is 81.1 cm³/mol. The molecule has 19 heavy (non-hydrogen) atoms. The molecule has 3 heteroatoms. The highest BCUT2D eigenvalue weighted by molar-refractivity contribution is 4.92. The van der Waals surface area contributed by atoms with Crippen LogP contribution in [0.5, 0.6) is 0 Å². The molecule has 0 fully saturated rings. The number of aromatic nitrogens is 3. The van der Waals surface area contributed by atoms with Crippen LogP contribution in [-0.2, 0) is 13.0 Å². The zero-order valence-electron chi connectivity index (χ0n) is 13.2. The van der Waals surface area contributed by atoms with Crippen LogP contribution in [0.1, 0.15) is 71.9 Å². The second kappa shape index (κ2) is 9.11. The molecule has 0 aliphatic carbocycles. The molecule has 0 saturated carbocycles. The molecule has 0 aliphatic rings. The van der Waals surface area contributed by atoms with Gasteiger partial charge in [0, 0.05) is 12.7 Å². The molecule has 1 aromatic heterocycles. The highest BCUT2D eigenvalue weighted by Crippen LogP contribution is 2.11. The first-order valence-electron chi connectivity index (χ1n) is 7.97. The van der Waals surface area contributed by atoms with Crippen molar-refractivity contribution in [2.45, 2.75) is 79.2 Å². The van der Waals surface area contributed by atoms with Crippen LogP contribution in [0, 0.1) is 11.8 Å². The molecule has 1 rings (SSSR count). The molecule has 0 bridgehead atoms. The average molecular weight is 265 g/mol. The van der Waals surface area contributed by atoms with Crippen LogP contribution >= 0.6 is 0 Å². The van der Waals surface area contributed by atoms with E-state index in [1.165, 1.54) is 38.5 Å². The lowest BCUT2D eigenvalue weighted by Crippen LogP contribution is -2.04. The van der Waals surface area contributed by atoms with E-state index < -0.39 is 0 Å². The SMILES string of the molecule is CC(C)CCCCCCCc1cn(CC(C)C)nn1. The third-order valence-electron chi connectivity index (χ3n) is 3.35. The third kappa shape index (κ3) is 8.02. The second-order valence-electron chi connectivity index (χ2n) is 6.53. The summed E-state index contributed by atoms with van der Waals surface area (Å²) in [6.07, 6.45) is 11.3. The van der Waals surface area contributed by atoms with Crippen molar-refractivity contribution in [1.29, 1.82) is 0 Å². The molecule has 1 aromatic rings. The Kier molecular flexibility index (Phi) is 7.76. The van der Waals surface area contributed by atoms with E-state index in [1.54, 1.807) is 0 Å². The summed E-state index contributed by atoms with van der Waals surface area (Å²) in [7, 11) is 0. The maximum Gasteiger partial charge on any atom is 0.0827 e. The first kappa shape index (κ1) is 16.2. The standard InChI is InChI=1S/C16H31N3/c1-14(2)10-8-6-5-7-9-11-16-13-19(18-17-16)12-15(3)4/h13-15H,5-12H2,1-4H3. The van der Waals surface area contributed by atoms with E-state index in [0.717, 1.165) is 24.6 Å². The first-order chi connectivity index (χ1) is 9.08. The van der Waals surface area contributed by atoms with Gasteiger partial charge in [-0.1, -0.05) is 65.0 Å². The fraction of sp³-hybridized carbons (Fsp3) is 0.875. The van der Waals surface area contributed by atoms with Crippen molar-refractivity contribution in [2.75, 3.05) is 0 Å². The van der Waals surface area contributed by atoms with Crippen molar-refractivity contribution in [3.05, 3.63) is 11.9 Å². The van der Waals surface area contributed by atoms with E-state index in [2.05, 4.69) is 44.2 Å². The minimum Gasteiger partial charge on any atom is -0.252 e. The summed E-state index contributed by atoms with van der Waals surface area (Å²) in [4.78, 5) is 0. The van der Waals surface area contributed by atoms with E-state index in [4.69, 9.17) is 0 Å². The zero-order chi connectivity index (χ0) is 14.1. The Balaban J connectivity index is 2.04.